The molecule has 0 aliphatic carbocycles. The Morgan fingerprint density at radius 1 is 1.48 bits per heavy atom. The van der Waals surface area contributed by atoms with Crippen LogP contribution in [-0.4, -0.2) is 18.1 Å². The van der Waals surface area contributed by atoms with Crippen molar-refractivity contribution in [2.45, 2.75) is 25.8 Å². The first-order chi connectivity index (χ1) is 11.1. The average molecular weight is 328 g/mol. The first kappa shape index (κ1) is 15.7. The third-order valence-electron chi connectivity index (χ3n) is 4.64. The second-order valence-electron chi connectivity index (χ2n) is 5.86. The predicted octanol–water partition coefficient (Wildman–Crippen LogP) is 3.96. The third-order valence-corrected chi connectivity index (χ3v) is 5.32. The summed E-state index contributed by atoms with van der Waals surface area (Å²) in [4.78, 5) is 18.9. The number of rotatable bonds is 3. The van der Waals surface area contributed by atoms with E-state index in [2.05, 4.69) is 41.3 Å². The minimum absolute atomic E-state index is 0.184. The molecule has 2 aromatic heterocycles. The molecule has 0 fully saturated rings. The summed E-state index contributed by atoms with van der Waals surface area (Å²) < 4.78 is 5.10. The number of aromatic nitrogens is 1. The van der Waals surface area contributed by atoms with Gasteiger partial charge in [0.1, 0.15) is 0 Å². The van der Waals surface area contributed by atoms with Gasteiger partial charge in [-0.2, -0.15) is 11.3 Å². The molecule has 1 aliphatic rings. The molecule has 23 heavy (non-hydrogen) atoms. The van der Waals surface area contributed by atoms with Gasteiger partial charge in [0.05, 0.1) is 30.5 Å². The Kier molecular flexibility index (Phi) is 4.22. The summed E-state index contributed by atoms with van der Waals surface area (Å²) in [6.07, 6.45) is 6.36. The van der Waals surface area contributed by atoms with Gasteiger partial charge in [-0.05, 0) is 54.8 Å². The van der Waals surface area contributed by atoms with Crippen LogP contribution in [0.1, 0.15) is 25.8 Å². The summed E-state index contributed by atoms with van der Waals surface area (Å²) in [5, 5.41) is 4.15. The Balaban J connectivity index is 2.19. The van der Waals surface area contributed by atoms with E-state index in [0.717, 1.165) is 16.9 Å². The van der Waals surface area contributed by atoms with Gasteiger partial charge in [0.2, 0.25) is 0 Å². The molecule has 4 nitrogen and oxygen atoms in total. The van der Waals surface area contributed by atoms with E-state index in [-0.39, 0.29) is 11.9 Å². The topological polar surface area (TPSA) is 42.4 Å². The van der Waals surface area contributed by atoms with Gasteiger partial charge in [-0.15, -0.1) is 0 Å². The molecule has 0 bridgehead atoms. The number of carbonyl (C=O) groups is 1. The second-order valence-corrected chi connectivity index (χ2v) is 6.64. The quantitative estimate of drug-likeness (QED) is 0.800. The van der Waals surface area contributed by atoms with Crippen LogP contribution >= 0.6 is 11.3 Å². The van der Waals surface area contributed by atoms with E-state index < -0.39 is 5.54 Å². The highest BCUT2D eigenvalue weighted by Crippen LogP contribution is 2.46. The fourth-order valence-electron chi connectivity index (χ4n) is 3.44. The fourth-order valence-corrected chi connectivity index (χ4v) is 4.21. The number of ether oxygens (including phenoxy) is 1. The molecule has 0 amide bonds. The van der Waals surface area contributed by atoms with E-state index in [1.807, 2.05) is 23.7 Å². The summed E-state index contributed by atoms with van der Waals surface area (Å²) in [5.41, 5.74) is 2.71. The Labute approximate surface area is 140 Å². The monoisotopic (exact) mass is 328 g/mol. The number of thiophene rings is 1. The largest absolute Gasteiger partial charge is 0.469 e. The molecule has 2 aromatic rings. The molecule has 1 aliphatic heterocycles. The van der Waals surface area contributed by atoms with Crippen LogP contribution in [0.3, 0.4) is 0 Å². The van der Waals surface area contributed by atoms with E-state index in [0.29, 0.717) is 6.42 Å². The Morgan fingerprint density at radius 2 is 2.30 bits per heavy atom. The number of allylic oxidation sites excluding steroid dienone is 2. The van der Waals surface area contributed by atoms with Crippen LogP contribution in [0.25, 0.3) is 0 Å². The van der Waals surface area contributed by atoms with Crippen LogP contribution in [0, 0.1) is 5.92 Å². The molecule has 2 unspecified atom stereocenters. The van der Waals surface area contributed by atoms with Gasteiger partial charge in [-0.25, -0.2) is 0 Å². The van der Waals surface area contributed by atoms with Crippen LogP contribution in [0.15, 0.2) is 53.1 Å². The minimum Gasteiger partial charge on any atom is -0.469 e. The van der Waals surface area contributed by atoms with Crippen LogP contribution in [0.2, 0.25) is 0 Å². The Hall–Kier alpha value is -2.14. The normalized spacial score (nSPS) is 24.2. The van der Waals surface area contributed by atoms with E-state index in [1.165, 1.54) is 7.11 Å². The van der Waals surface area contributed by atoms with Gasteiger partial charge >= 0.3 is 5.97 Å². The maximum absolute atomic E-state index is 12.5. The summed E-state index contributed by atoms with van der Waals surface area (Å²) in [5.74, 6) is -0.456. The van der Waals surface area contributed by atoms with Crippen LogP contribution in [-0.2, 0) is 15.1 Å². The molecule has 3 rings (SSSR count). The molecule has 0 saturated heterocycles. The van der Waals surface area contributed by atoms with Crippen molar-refractivity contribution in [3.05, 3.63) is 58.7 Å². The molecule has 0 radical (unpaired) electrons. The Morgan fingerprint density at radius 3 is 2.91 bits per heavy atom. The van der Waals surface area contributed by atoms with Crippen molar-refractivity contribution in [1.82, 2.24) is 4.98 Å². The molecule has 3 heterocycles. The van der Waals surface area contributed by atoms with Crippen molar-refractivity contribution in [3.8, 4) is 0 Å². The molecule has 120 valence electrons. The summed E-state index contributed by atoms with van der Waals surface area (Å²) in [6, 6.07) is 6.02. The van der Waals surface area contributed by atoms with Gasteiger partial charge in [0.15, 0.2) is 0 Å². The predicted molar refractivity (Wildman–Crippen MR) is 92.3 cm³/mol. The van der Waals surface area contributed by atoms with Gasteiger partial charge in [-0.1, -0.05) is 6.08 Å². The standard InChI is InChI=1S/C18H20N2O2S/c1-13-6-7-16(17(21)22-3)18(2,14-8-10-23-12-14)20(13)15-5-4-9-19-11-15/h4-6,8-12,16H,7H2,1-3H3. The van der Waals surface area contributed by atoms with E-state index in [9.17, 15) is 4.79 Å². The second kappa shape index (κ2) is 6.16. The molecule has 5 heteroatoms. The van der Waals surface area contributed by atoms with Gasteiger partial charge in [0.25, 0.3) is 0 Å². The minimum atomic E-state index is -0.505. The van der Waals surface area contributed by atoms with Crippen molar-refractivity contribution in [3.63, 3.8) is 0 Å². The number of nitrogens with zero attached hydrogens (tertiary/aromatic N) is 2. The number of hydrogen-bond donors (Lipinski definition) is 0. The first-order valence-corrected chi connectivity index (χ1v) is 8.51. The van der Waals surface area contributed by atoms with Gasteiger partial charge < -0.3 is 9.64 Å². The number of pyridine rings is 1. The number of carbonyl (C=O) groups excluding carboxylic acids is 1. The van der Waals surface area contributed by atoms with E-state index in [4.69, 9.17) is 4.74 Å². The zero-order valence-electron chi connectivity index (χ0n) is 13.5. The number of hydrogen-bond acceptors (Lipinski definition) is 5. The van der Waals surface area contributed by atoms with Gasteiger partial charge in [0, 0.05) is 11.9 Å². The highest BCUT2D eigenvalue weighted by atomic mass is 32.1. The maximum Gasteiger partial charge on any atom is 0.311 e. The fraction of sp³-hybridized carbons (Fsp3) is 0.333. The van der Waals surface area contributed by atoms with Crippen molar-refractivity contribution in [2.24, 2.45) is 5.92 Å². The lowest BCUT2D eigenvalue weighted by Gasteiger charge is -2.49. The Bertz CT molecular complexity index is 712. The number of anilines is 1. The zero-order chi connectivity index (χ0) is 16.4. The maximum atomic E-state index is 12.5. The molecule has 0 saturated carbocycles. The van der Waals surface area contributed by atoms with Crippen molar-refractivity contribution >= 4 is 23.0 Å². The number of esters is 1. The first-order valence-electron chi connectivity index (χ1n) is 7.56. The lowest BCUT2D eigenvalue weighted by atomic mass is 9.74. The van der Waals surface area contributed by atoms with Crippen LogP contribution < -0.4 is 4.90 Å². The lowest BCUT2D eigenvalue weighted by molar-refractivity contribution is -0.148. The van der Waals surface area contributed by atoms with Crippen molar-refractivity contribution < 1.29 is 9.53 Å². The molecule has 0 N–H and O–H groups in total. The lowest BCUT2D eigenvalue weighted by Crippen LogP contribution is -2.53. The molecular formula is C18H20N2O2S. The highest BCUT2D eigenvalue weighted by molar-refractivity contribution is 7.08. The van der Waals surface area contributed by atoms with Crippen LogP contribution in [0.5, 0.6) is 0 Å². The summed E-state index contributed by atoms with van der Waals surface area (Å²) >= 11 is 1.64. The third kappa shape index (κ3) is 2.55. The van der Waals surface area contributed by atoms with Crippen molar-refractivity contribution in [1.29, 1.82) is 0 Å². The summed E-state index contributed by atoms with van der Waals surface area (Å²) in [6.45, 7) is 4.19. The highest BCUT2D eigenvalue weighted by Gasteiger charge is 2.48. The van der Waals surface area contributed by atoms with Crippen molar-refractivity contribution in [2.75, 3.05) is 12.0 Å². The van der Waals surface area contributed by atoms with Gasteiger partial charge in [-0.3, -0.25) is 9.78 Å². The summed E-state index contributed by atoms with van der Waals surface area (Å²) in [7, 11) is 1.45. The molecule has 0 spiro atoms. The molecular weight excluding hydrogens is 308 g/mol. The average Bonchev–Trinajstić information content (AvgIpc) is 3.10. The SMILES string of the molecule is COC(=O)C1CC=C(C)N(c2cccnc2)C1(C)c1ccsc1. The number of methoxy groups -OCH3 is 1. The van der Waals surface area contributed by atoms with E-state index >= 15 is 0 Å². The molecule has 2 atom stereocenters. The van der Waals surface area contributed by atoms with Crippen LogP contribution in [0.4, 0.5) is 5.69 Å². The molecule has 0 aromatic carbocycles. The smallest absolute Gasteiger partial charge is 0.311 e. The van der Waals surface area contributed by atoms with E-state index in [1.54, 1.807) is 17.5 Å². The zero-order valence-corrected chi connectivity index (χ0v) is 14.3.